The molecule has 0 saturated carbocycles. The first-order chi connectivity index (χ1) is 15.5. The molecule has 4 rings (SSSR count). The van der Waals surface area contributed by atoms with Gasteiger partial charge in [-0.1, -0.05) is 76.9 Å². The van der Waals surface area contributed by atoms with E-state index in [0.717, 1.165) is 11.1 Å². The topological polar surface area (TPSA) is 85.1 Å². The Morgan fingerprint density at radius 2 is 1.75 bits per heavy atom. The summed E-state index contributed by atoms with van der Waals surface area (Å²) in [7, 11) is 0. The maximum Gasteiger partial charge on any atom is 0.227 e. The molecule has 1 heterocycles. The molecule has 4 aromatic rings. The molecule has 7 heteroatoms. The normalized spacial score (nSPS) is 10.7. The van der Waals surface area contributed by atoms with Crippen LogP contribution in [0.4, 0.5) is 5.69 Å². The molecular formula is C25H20ClN3O3. The lowest BCUT2D eigenvalue weighted by Gasteiger charge is -2.11. The van der Waals surface area contributed by atoms with Crippen LogP contribution >= 0.6 is 11.6 Å². The van der Waals surface area contributed by atoms with Crippen LogP contribution < -0.4 is 5.32 Å². The van der Waals surface area contributed by atoms with Gasteiger partial charge in [-0.3, -0.25) is 9.59 Å². The highest BCUT2D eigenvalue weighted by molar-refractivity contribution is 6.31. The van der Waals surface area contributed by atoms with Gasteiger partial charge < -0.3 is 9.84 Å². The van der Waals surface area contributed by atoms with Crippen LogP contribution in [0.25, 0.3) is 11.4 Å². The highest BCUT2D eigenvalue weighted by atomic mass is 35.5. The van der Waals surface area contributed by atoms with Crippen molar-refractivity contribution in [2.45, 2.75) is 19.8 Å². The maximum atomic E-state index is 12.9. The van der Waals surface area contributed by atoms with E-state index in [0.29, 0.717) is 33.6 Å². The van der Waals surface area contributed by atoms with Crippen molar-refractivity contribution in [3.8, 4) is 11.4 Å². The van der Waals surface area contributed by atoms with E-state index in [1.165, 1.54) is 0 Å². The highest BCUT2D eigenvalue weighted by Gasteiger charge is 2.17. The zero-order chi connectivity index (χ0) is 22.5. The van der Waals surface area contributed by atoms with Gasteiger partial charge in [-0.05, 0) is 25.1 Å². The molecule has 1 N–H and O–H groups in total. The number of nitrogens with zero attached hydrogens (tertiary/aromatic N) is 2. The van der Waals surface area contributed by atoms with Crippen molar-refractivity contribution in [2.24, 2.45) is 0 Å². The van der Waals surface area contributed by atoms with Crippen LogP contribution in [0.15, 0.2) is 77.3 Å². The van der Waals surface area contributed by atoms with E-state index in [1.54, 1.807) is 42.5 Å². The third kappa shape index (κ3) is 5.10. The number of rotatable bonds is 7. The molecule has 0 aliphatic rings. The smallest absolute Gasteiger partial charge is 0.227 e. The second kappa shape index (κ2) is 9.58. The fraction of sp³-hybridized carbons (Fsp3) is 0.120. The molecule has 0 radical (unpaired) electrons. The Labute approximate surface area is 190 Å². The highest BCUT2D eigenvalue weighted by Crippen LogP contribution is 2.24. The molecular weight excluding hydrogens is 426 g/mol. The van der Waals surface area contributed by atoms with Crippen molar-refractivity contribution in [1.29, 1.82) is 0 Å². The average molecular weight is 446 g/mol. The molecule has 0 saturated heterocycles. The number of benzene rings is 3. The van der Waals surface area contributed by atoms with Crippen LogP contribution in [0.1, 0.15) is 33.8 Å². The molecule has 3 aromatic carbocycles. The Morgan fingerprint density at radius 1 is 1.00 bits per heavy atom. The van der Waals surface area contributed by atoms with Gasteiger partial charge in [-0.2, -0.15) is 4.98 Å². The Hall–Kier alpha value is -3.77. The van der Waals surface area contributed by atoms with Crippen molar-refractivity contribution in [3.63, 3.8) is 0 Å². The van der Waals surface area contributed by atoms with Crippen LogP contribution in [0, 0.1) is 6.92 Å². The second-order valence-corrected chi connectivity index (χ2v) is 7.75. The van der Waals surface area contributed by atoms with Crippen LogP contribution in [0.3, 0.4) is 0 Å². The molecule has 0 atom stereocenters. The minimum Gasteiger partial charge on any atom is -0.339 e. The molecule has 0 aliphatic carbocycles. The Bertz CT molecular complexity index is 1250. The fourth-order valence-corrected chi connectivity index (χ4v) is 3.34. The first kappa shape index (κ1) is 21.5. The number of amides is 1. The summed E-state index contributed by atoms with van der Waals surface area (Å²) in [6.07, 6.45) is 0.400. The van der Waals surface area contributed by atoms with Gasteiger partial charge in [-0.25, -0.2) is 0 Å². The third-order valence-corrected chi connectivity index (χ3v) is 5.12. The number of ketones is 1. The predicted octanol–water partition coefficient (Wildman–Crippen LogP) is 5.50. The van der Waals surface area contributed by atoms with Crippen LogP contribution in [-0.4, -0.2) is 21.8 Å². The van der Waals surface area contributed by atoms with Gasteiger partial charge in [0.05, 0.1) is 5.69 Å². The first-order valence-corrected chi connectivity index (χ1v) is 10.5. The summed E-state index contributed by atoms with van der Waals surface area (Å²) in [5.74, 6) is 0.355. The SMILES string of the molecule is Cc1ccc(-c2noc(CCC(=O)Nc3ccc(Cl)cc3C(=O)c3ccccc3)n2)cc1. The number of hydrogen-bond acceptors (Lipinski definition) is 5. The molecule has 1 amide bonds. The summed E-state index contributed by atoms with van der Waals surface area (Å²) < 4.78 is 5.27. The van der Waals surface area contributed by atoms with E-state index in [9.17, 15) is 9.59 Å². The summed E-state index contributed by atoms with van der Waals surface area (Å²) in [5.41, 5.74) is 3.23. The summed E-state index contributed by atoms with van der Waals surface area (Å²) in [4.78, 5) is 29.8. The maximum absolute atomic E-state index is 12.9. The molecule has 0 unspecified atom stereocenters. The van der Waals surface area contributed by atoms with Crippen molar-refractivity contribution in [2.75, 3.05) is 5.32 Å². The molecule has 6 nitrogen and oxygen atoms in total. The lowest BCUT2D eigenvalue weighted by molar-refractivity contribution is -0.116. The van der Waals surface area contributed by atoms with Crippen molar-refractivity contribution >= 4 is 29.0 Å². The summed E-state index contributed by atoms with van der Waals surface area (Å²) >= 11 is 6.10. The van der Waals surface area contributed by atoms with E-state index < -0.39 is 0 Å². The molecule has 0 aliphatic heterocycles. The van der Waals surface area contributed by atoms with Crippen molar-refractivity contribution < 1.29 is 14.1 Å². The number of nitrogens with one attached hydrogen (secondary N) is 1. The summed E-state index contributed by atoms with van der Waals surface area (Å²) in [6.45, 7) is 2.00. The number of halogens is 1. The minimum absolute atomic E-state index is 0.122. The quantitative estimate of drug-likeness (QED) is 0.379. The average Bonchev–Trinajstić information content (AvgIpc) is 3.28. The van der Waals surface area contributed by atoms with E-state index in [2.05, 4.69) is 15.5 Å². The van der Waals surface area contributed by atoms with Crippen molar-refractivity contribution in [3.05, 3.63) is 100 Å². The Kier molecular flexibility index (Phi) is 6.42. The molecule has 0 bridgehead atoms. The monoisotopic (exact) mass is 445 g/mol. The number of aryl methyl sites for hydroxylation is 2. The number of anilines is 1. The Morgan fingerprint density at radius 3 is 2.50 bits per heavy atom. The van der Waals surface area contributed by atoms with Gasteiger partial charge in [0, 0.05) is 34.6 Å². The predicted molar refractivity (Wildman–Crippen MR) is 123 cm³/mol. The van der Waals surface area contributed by atoms with E-state index >= 15 is 0 Å². The van der Waals surface area contributed by atoms with Gasteiger partial charge in [0.2, 0.25) is 17.6 Å². The van der Waals surface area contributed by atoms with Gasteiger partial charge >= 0.3 is 0 Å². The number of carbonyl (C=O) groups is 2. The standard InChI is InChI=1S/C25H20ClN3O3/c1-16-7-9-18(10-8-16)25-28-23(32-29-25)14-13-22(30)27-21-12-11-19(26)15-20(21)24(31)17-5-3-2-4-6-17/h2-12,15H,13-14H2,1H3,(H,27,30). The third-order valence-electron chi connectivity index (χ3n) is 4.88. The number of aromatic nitrogens is 2. The molecule has 0 fully saturated rings. The Balaban J connectivity index is 1.43. The van der Waals surface area contributed by atoms with Gasteiger partial charge in [0.25, 0.3) is 0 Å². The zero-order valence-electron chi connectivity index (χ0n) is 17.3. The fourth-order valence-electron chi connectivity index (χ4n) is 3.17. The van der Waals surface area contributed by atoms with Crippen LogP contribution in [0.2, 0.25) is 5.02 Å². The van der Waals surface area contributed by atoms with Gasteiger partial charge in [0.1, 0.15) is 0 Å². The molecule has 160 valence electrons. The zero-order valence-corrected chi connectivity index (χ0v) is 18.1. The second-order valence-electron chi connectivity index (χ2n) is 7.31. The van der Waals surface area contributed by atoms with Crippen LogP contribution in [0.5, 0.6) is 0 Å². The van der Waals surface area contributed by atoms with Gasteiger partial charge in [-0.15, -0.1) is 0 Å². The molecule has 1 aromatic heterocycles. The molecule has 0 spiro atoms. The number of carbonyl (C=O) groups excluding carboxylic acids is 2. The van der Waals surface area contributed by atoms with Crippen LogP contribution in [-0.2, 0) is 11.2 Å². The number of hydrogen-bond donors (Lipinski definition) is 1. The largest absolute Gasteiger partial charge is 0.339 e. The van der Waals surface area contributed by atoms with Crippen molar-refractivity contribution in [1.82, 2.24) is 10.1 Å². The summed E-state index contributed by atoms with van der Waals surface area (Å²) in [5, 5.41) is 7.19. The molecule has 32 heavy (non-hydrogen) atoms. The van der Waals surface area contributed by atoms with E-state index in [1.807, 2.05) is 37.3 Å². The van der Waals surface area contributed by atoms with Gasteiger partial charge in [0.15, 0.2) is 5.78 Å². The lowest BCUT2D eigenvalue weighted by atomic mass is 10.0. The first-order valence-electron chi connectivity index (χ1n) is 10.1. The van der Waals surface area contributed by atoms with E-state index in [4.69, 9.17) is 16.1 Å². The summed E-state index contributed by atoms with van der Waals surface area (Å²) in [6, 6.07) is 21.4. The van der Waals surface area contributed by atoms with E-state index in [-0.39, 0.29) is 24.5 Å². The lowest BCUT2D eigenvalue weighted by Crippen LogP contribution is -2.15. The minimum atomic E-state index is -0.274.